The van der Waals surface area contributed by atoms with Crippen molar-refractivity contribution in [2.75, 3.05) is 32.8 Å². The molecule has 3 rings (SSSR count). The summed E-state index contributed by atoms with van der Waals surface area (Å²) in [6, 6.07) is 18.8. The van der Waals surface area contributed by atoms with E-state index in [4.69, 9.17) is 4.74 Å². The van der Waals surface area contributed by atoms with E-state index in [2.05, 4.69) is 0 Å². The summed E-state index contributed by atoms with van der Waals surface area (Å²) in [6.45, 7) is 1.93. The first-order chi connectivity index (χ1) is 14.0. The maximum Gasteiger partial charge on any atom is 0.236 e. The van der Waals surface area contributed by atoms with Gasteiger partial charge >= 0.3 is 0 Å². The fraction of sp³-hybridized carbons (Fsp3) is 0.318. The molecule has 154 valence electrons. The van der Waals surface area contributed by atoms with Crippen LogP contribution in [0.2, 0.25) is 0 Å². The van der Waals surface area contributed by atoms with Gasteiger partial charge in [0.2, 0.25) is 15.9 Å². The van der Waals surface area contributed by atoms with Crippen molar-refractivity contribution in [3.8, 4) is 5.75 Å². The van der Waals surface area contributed by atoms with Crippen LogP contribution in [0, 0.1) is 0 Å². The second-order valence-corrected chi connectivity index (χ2v) is 8.62. The Bertz CT molecular complexity index is 906. The summed E-state index contributed by atoms with van der Waals surface area (Å²) in [7, 11) is -3.49. The zero-order valence-corrected chi connectivity index (χ0v) is 17.1. The summed E-state index contributed by atoms with van der Waals surface area (Å²) >= 11 is 0. The van der Waals surface area contributed by atoms with Gasteiger partial charge in [0.25, 0.3) is 0 Å². The Morgan fingerprint density at radius 2 is 1.55 bits per heavy atom. The lowest BCUT2D eigenvalue weighted by Gasteiger charge is -2.33. The molecule has 6 nitrogen and oxygen atoms in total. The summed E-state index contributed by atoms with van der Waals surface area (Å²) in [6.07, 6.45) is 2.62. The zero-order chi connectivity index (χ0) is 20.5. The monoisotopic (exact) mass is 414 g/mol. The van der Waals surface area contributed by atoms with E-state index < -0.39 is 10.0 Å². The molecule has 2 aromatic carbocycles. The molecule has 0 aromatic heterocycles. The Kier molecular flexibility index (Phi) is 7.43. The lowest BCUT2D eigenvalue weighted by molar-refractivity contribution is -0.132. The number of rotatable bonds is 8. The van der Waals surface area contributed by atoms with E-state index in [1.54, 1.807) is 11.0 Å². The van der Waals surface area contributed by atoms with Crippen LogP contribution < -0.4 is 4.74 Å². The van der Waals surface area contributed by atoms with E-state index in [0.717, 1.165) is 11.3 Å². The SMILES string of the molecule is O=C(CCCOc1ccccc1)N1CCN(S(=O)(=O)/C=C/c2ccccc2)CC1. The number of hydrogen-bond donors (Lipinski definition) is 0. The van der Waals surface area contributed by atoms with Crippen molar-refractivity contribution in [1.29, 1.82) is 0 Å². The van der Waals surface area contributed by atoms with Gasteiger partial charge in [0.05, 0.1) is 6.61 Å². The third kappa shape index (κ3) is 6.44. The molecule has 0 radical (unpaired) electrons. The Hall–Kier alpha value is -2.64. The largest absolute Gasteiger partial charge is 0.494 e. The first kappa shape index (κ1) is 21.1. The number of hydrogen-bond acceptors (Lipinski definition) is 4. The molecule has 1 heterocycles. The van der Waals surface area contributed by atoms with Crippen LogP contribution in [0.1, 0.15) is 18.4 Å². The molecular formula is C22H26N2O4S. The zero-order valence-electron chi connectivity index (χ0n) is 16.3. The Morgan fingerprint density at radius 1 is 0.931 bits per heavy atom. The summed E-state index contributed by atoms with van der Waals surface area (Å²) < 4.78 is 32.0. The van der Waals surface area contributed by atoms with E-state index in [1.807, 2.05) is 60.7 Å². The van der Waals surface area contributed by atoms with Crippen LogP contribution in [0.25, 0.3) is 6.08 Å². The number of amides is 1. The lowest BCUT2D eigenvalue weighted by Crippen LogP contribution is -2.50. The number of ether oxygens (including phenoxy) is 1. The highest BCUT2D eigenvalue weighted by atomic mass is 32.2. The number of piperazine rings is 1. The van der Waals surface area contributed by atoms with Gasteiger partial charge in [-0.3, -0.25) is 4.79 Å². The van der Waals surface area contributed by atoms with Crippen LogP contribution >= 0.6 is 0 Å². The molecule has 7 heteroatoms. The van der Waals surface area contributed by atoms with Crippen LogP contribution in [-0.2, 0) is 14.8 Å². The van der Waals surface area contributed by atoms with Crippen molar-refractivity contribution in [3.05, 3.63) is 71.6 Å². The molecule has 0 atom stereocenters. The first-order valence-corrected chi connectivity index (χ1v) is 11.2. The topological polar surface area (TPSA) is 66.9 Å². The van der Waals surface area contributed by atoms with Crippen molar-refractivity contribution in [2.45, 2.75) is 12.8 Å². The second-order valence-electron chi connectivity index (χ2n) is 6.80. The molecule has 29 heavy (non-hydrogen) atoms. The molecule has 0 N–H and O–H groups in total. The van der Waals surface area contributed by atoms with Gasteiger partial charge in [0.15, 0.2) is 0 Å². The molecular weight excluding hydrogens is 388 g/mol. The molecule has 0 spiro atoms. The third-order valence-corrected chi connectivity index (χ3v) is 6.30. The molecule has 1 aliphatic rings. The van der Waals surface area contributed by atoms with Crippen molar-refractivity contribution >= 4 is 22.0 Å². The summed E-state index contributed by atoms with van der Waals surface area (Å²) in [5.74, 6) is 0.834. The maximum absolute atomic E-state index is 12.5. The fourth-order valence-electron chi connectivity index (χ4n) is 3.09. The summed E-state index contributed by atoms with van der Waals surface area (Å²) in [4.78, 5) is 14.1. The summed E-state index contributed by atoms with van der Waals surface area (Å²) in [5, 5.41) is 1.24. The number of carbonyl (C=O) groups is 1. The molecule has 0 bridgehead atoms. The predicted molar refractivity (Wildman–Crippen MR) is 114 cm³/mol. The van der Waals surface area contributed by atoms with Crippen molar-refractivity contribution in [2.24, 2.45) is 0 Å². The highest BCUT2D eigenvalue weighted by molar-refractivity contribution is 7.92. The molecule has 1 saturated heterocycles. The smallest absolute Gasteiger partial charge is 0.236 e. The van der Waals surface area contributed by atoms with E-state index in [0.29, 0.717) is 45.6 Å². The van der Waals surface area contributed by atoms with Crippen LogP contribution in [0.4, 0.5) is 0 Å². The average molecular weight is 415 g/mol. The number of nitrogens with zero attached hydrogens (tertiary/aromatic N) is 2. The lowest BCUT2D eigenvalue weighted by atomic mass is 10.2. The van der Waals surface area contributed by atoms with Crippen molar-refractivity contribution < 1.29 is 17.9 Å². The van der Waals surface area contributed by atoms with E-state index in [9.17, 15) is 13.2 Å². The molecule has 0 saturated carbocycles. The van der Waals surface area contributed by atoms with Crippen LogP contribution in [0.3, 0.4) is 0 Å². The highest BCUT2D eigenvalue weighted by Gasteiger charge is 2.27. The minimum absolute atomic E-state index is 0.0403. The van der Waals surface area contributed by atoms with E-state index >= 15 is 0 Å². The van der Waals surface area contributed by atoms with Gasteiger partial charge < -0.3 is 9.64 Å². The predicted octanol–water partition coefficient (Wildman–Crippen LogP) is 2.99. The molecule has 1 fully saturated rings. The Labute approximate surface area is 172 Å². The van der Waals surface area contributed by atoms with Gasteiger partial charge in [-0.15, -0.1) is 0 Å². The number of para-hydroxylation sites is 1. The number of sulfonamides is 1. The van der Waals surface area contributed by atoms with Crippen molar-refractivity contribution in [3.63, 3.8) is 0 Å². The second kappa shape index (κ2) is 10.2. The van der Waals surface area contributed by atoms with Crippen LogP contribution in [-0.4, -0.2) is 56.3 Å². The maximum atomic E-state index is 12.5. The van der Waals surface area contributed by atoms with E-state index in [1.165, 1.54) is 9.71 Å². The van der Waals surface area contributed by atoms with Crippen molar-refractivity contribution in [1.82, 2.24) is 9.21 Å². The van der Waals surface area contributed by atoms with Gasteiger partial charge in [-0.25, -0.2) is 8.42 Å². The molecule has 0 unspecified atom stereocenters. The molecule has 2 aromatic rings. The van der Waals surface area contributed by atoms with E-state index in [-0.39, 0.29) is 5.91 Å². The first-order valence-electron chi connectivity index (χ1n) is 9.73. The quantitative estimate of drug-likeness (QED) is 0.623. The summed E-state index contributed by atoms with van der Waals surface area (Å²) in [5.41, 5.74) is 0.836. The highest BCUT2D eigenvalue weighted by Crippen LogP contribution is 2.13. The van der Waals surface area contributed by atoms with Crippen LogP contribution in [0.15, 0.2) is 66.1 Å². The van der Waals surface area contributed by atoms with Crippen LogP contribution in [0.5, 0.6) is 5.75 Å². The molecule has 1 amide bonds. The molecule has 1 aliphatic heterocycles. The van der Waals surface area contributed by atoms with Gasteiger partial charge in [-0.05, 0) is 30.2 Å². The number of carbonyl (C=O) groups excluding carboxylic acids is 1. The average Bonchev–Trinajstić information content (AvgIpc) is 2.77. The fourth-order valence-corrected chi connectivity index (χ4v) is 4.27. The normalized spacial score (nSPS) is 15.5. The third-order valence-electron chi connectivity index (χ3n) is 4.73. The standard InChI is InChI=1S/C22H26N2O4S/c25-22(12-7-18-28-21-10-5-2-6-11-21)23-14-16-24(17-15-23)29(26,27)19-13-20-8-3-1-4-9-20/h1-6,8-11,13,19H,7,12,14-18H2/b19-13+. The Balaban J connectivity index is 1.41. The Morgan fingerprint density at radius 3 is 2.21 bits per heavy atom. The van der Waals surface area contributed by atoms with Gasteiger partial charge in [-0.2, -0.15) is 4.31 Å². The van der Waals surface area contributed by atoms with Gasteiger partial charge in [0, 0.05) is 38.0 Å². The van der Waals surface area contributed by atoms with Gasteiger partial charge in [-0.1, -0.05) is 48.5 Å². The number of benzene rings is 2. The minimum Gasteiger partial charge on any atom is -0.494 e. The minimum atomic E-state index is -3.49. The van der Waals surface area contributed by atoms with Gasteiger partial charge in [0.1, 0.15) is 5.75 Å². The molecule has 0 aliphatic carbocycles.